The second kappa shape index (κ2) is 15.8. The van der Waals surface area contributed by atoms with Crippen LogP contribution in [0.5, 0.6) is 0 Å². The van der Waals surface area contributed by atoms with Crippen molar-refractivity contribution in [3.8, 4) is 45.3 Å². The molecule has 0 fully saturated rings. The van der Waals surface area contributed by atoms with Gasteiger partial charge in [-0.3, -0.25) is 5.41 Å². The molecule has 0 spiro atoms. The van der Waals surface area contributed by atoms with E-state index in [1.165, 1.54) is 25.7 Å². The highest BCUT2D eigenvalue weighted by Gasteiger charge is 2.24. The molecule has 0 bridgehead atoms. The second-order valence-electron chi connectivity index (χ2n) is 15.2. The van der Waals surface area contributed by atoms with Crippen molar-refractivity contribution in [3.05, 3.63) is 234 Å². The molecule has 0 saturated heterocycles. The fourth-order valence-corrected chi connectivity index (χ4v) is 9.53. The maximum atomic E-state index is 9.72. The Bertz CT molecular complexity index is 3350. The van der Waals surface area contributed by atoms with Gasteiger partial charge >= 0.3 is 0 Å². The van der Waals surface area contributed by atoms with Gasteiger partial charge in [0.25, 0.3) is 0 Å². The fourth-order valence-electron chi connectivity index (χ4n) is 8.29. The van der Waals surface area contributed by atoms with E-state index in [4.69, 9.17) is 15.0 Å². The lowest BCUT2D eigenvalue weighted by Gasteiger charge is -2.26. The van der Waals surface area contributed by atoms with Crippen LogP contribution in [-0.4, -0.2) is 20.7 Å². The minimum atomic E-state index is 0.422. The summed E-state index contributed by atoms with van der Waals surface area (Å²) in [5.74, 6) is 1.77. The Morgan fingerprint density at radius 2 is 0.935 bits per heavy atom. The summed E-state index contributed by atoms with van der Waals surface area (Å²) in [4.78, 5) is 15.2. The Kier molecular flexibility index (Phi) is 9.45. The monoisotopic (exact) mass is 811 g/mol. The number of hydrogen-bond donors (Lipinski definition) is 2. The summed E-state index contributed by atoms with van der Waals surface area (Å²) in [6, 6.07) is 70.7. The third-order valence-corrected chi connectivity index (χ3v) is 12.6. The number of hydrogen-bond acceptors (Lipinski definition) is 6. The Morgan fingerprint density at radius 3 is 1.63 bits per heavy atom. The van der Waals surface area contributed by atoms with Gasteiger partial charge in [0.15, 0.2) is 17.5 Å². The van der Waals surface area contributed by atoms with Gasteiger partial charge in [-0.1, -0.05) is 200 Å². The number of aromatic nitrogens is 3. The van der Waals surface area contributed by atoms with Gasteiger partial charge in [0, 0.05) is 59.3 Å². The summed E-state index contributed by atoms with van der Waals surface area (Å²) in [5.41, 5.74) is 13.0. The topological polar surface area (TPSA) is 74.6 Å². The van der Waals surface area contributed by atoms with Gasteiger partial charge in [-0.25, -0.2) is 15.0 Å². The van der Waals surface area contributed by atoms with Crippen molar-refractivity contribution in [2.75, 3.05) is 0 Å². The molecule has 1 aliphatic rings. The van der Waals surface area contributed by atoms with Crippen LogP contribution in [0.2, 0.25) is 0 Å². The lowest BCUT2D eigenvalue weighted by atomic mass is 9.87. The SMILES string of the molecule is N=C(/C(=C1\NC(c2ccccc2)=Cc2ccccc21)c1ccc(-c2nc(-c3ccccc3)nc(-c3ccc(-c4cccc5c4sc4ccccc45)cc3)n2)cc1)c1ccccc1. The van der Waals surface area contributed by atoms with Crippen molar-refractivity contribution < 1.29 is 0 Å². The number of thiophene rings is 1. The van der Waals surface area contributed by atoms with E-state index in [-0.39, 0.29) is 0 Å². The molecule has 3 heterocycles. The second-order valence-corrected chi connectivity index (χ2v) is 16.3. The molecule has 5 nitrogen and oxygen atoms in total. The number of nitrogens with one attached hydrogen (secondary N) is 2. The van der Waals surface area contributed by atoms with Crippen molar-refractivity contribution in [1.29, 1.82) is 5.41 Å². The van der Waals surface area contributed by atoms with Crippen molar-refractivity contribution in [2.24, 2.45) is 0 Å². The van der Waals surface area contributed by atoms with E-state index in [0.717, 1.165) is 67.0 Å². The van der Waals surface area contributed by atoms with Crippen LogP contribution in [0.4, 0.5) is 0 Å². The maximum absolute atomic E-state index is 9.72. The molecule has 11 rings (SSSR count). The summed E-state index contributed by atoms with van der Waals surface area (Å²) in [5, 5.41) is 16.1. The van der Waals surface area contributed by atoms with E-state index in [0.29, 0.717) is 23.2 Å². The zero-order valence-corrected chi connectivity index (χ0v) is 34.3. The van der Waals surface area contributed by atoms with Crippen LogP contribution in [0.15, 0.2) is 206 Å². The van der Waals surface area contributed by atoms with E-state index in [1.54, 1.807) is 0 Å². The minimum absolute atomic E-state index is 0.422. The molecule has 0 saturated carbocycles. The third kappa shape index (κ3) is 6.88. The van der Waals surface area contributed by atoms with Gasteiger partial charge in [0.1, 0.15) is 0 Å². The molecule has 10 aromatic rings. The standard InChI is InChI=1S/C56H37N5S/c57-51(39-17-6-2-7-18-39)50(52-44-22-11-10-21-43(44)35-48(58-52)37-15-4-1-5-16-37)38-29-33-42(34-30-38)56-60-54(40-19-8-3-9-20-40)59-55(61-56)41-31-27-36(28-32-41)45-24-14-25-47-46-23-12-13-26-49(46)62-53(45)47/h1-35,57-58H/b52-50-,57-51?. The smallest absolute Gasteiger partial charge is 0.164 e. The Morgan fingerprint density at radius 1 is 0.419 bits per heavy atom. The molecular formula is C56H37N5S. The molecule has 0 unspecified atom stereocenters. The molecule has 0 radical (unpaired) electrons. The summed E-state index contributed by atoms with van der Waals surface area (Å²) in [6.45, 7) is 0. The van der Waals surface area contributed by atoms with Crippen molar-refractivity contribution in [2.45, 2.75) is 0 Å². The molecule has 62 heavy (non-hydrogen) atoms. The predicted octanol–water partition coefficient (Wildman–Crippen LogP) is 13.9. The first kappa shape index (κ1) is 37.0. The Balaban J connectivity index is 1.00. The van der Waals surface area contributed by atoms with Crippen molar-refractivity contribution >= 4 is 60.3 Å². The van der Waals surface area contributed by atoms with Crippen LogP contribution in [0.1, 0.15) is 27.8 Å². The van der Waals surface area contributed by atoms with Crippen LogP contribution in [0, 0.1) is 5.41 Å². The lowest BCUT2D eigenvalue weighted by molar-refractivity contribution is 1.07. The highest BCUT2D eigenvalue weighted by molar-refractivity contribution is 7.26. The molecule has 292 valence electrons. The summed E-state index contributed by atoms with van der Waals surface area (Å²) in [6.07, 6.45) is 2.18. The van der Waals surface area contributed by atoms with Crippen molar-refractivity contribution in [1.82, 2.24) is 20.3 Å². The minimum Gasteiger partial charge on any atom is -0.354 e. The van der Waals surface area contributed by atoms with E-state index in [1.807, 2.05) is 90.2 Å². The Labute approximate surface area is 363 Å². The number of allylic oxidation sites excluding steroid dienone is 1. The zero-order valence-electron chi connectivity index (χ0n) is 33.5. The first-order valence-electron chi connectivity index (χ1n) is 20.6. The third-order valence-electron chi connectivity index (χ3n) is 11.4. The van der Waals surface area contributed by atoms with E-state index < -0.39 is 0 Å². The van der Waals surface area contributed by atoms with Gasteiger partial charge in [-0.05, 0) is 40.0 Å². The molecule has 1 aliphatic heterocycles. The molecule has 2 N–H and O–H groups in total. The molecule has 0 amide bonds. The first-order valence-corrected chi connectivity index (χ1v) is 21.4. The Hall–Kier alpha value is -8.06. The van der Waals surface area contributed by atoms with E-state index in [9.17, 15) is 5.41 Å². The van der Waals surface area contributed by atoms with Gasteiger partial charge in [-0.15, -0.1) is 11.3 Å². The van der Waals surface area contributed by atoms with Crippen molar-refractivity contribution in [3.63, 3.8) is 0 Å². The quantitative estimate of drug-likeness (QED) is 0.150. The number of rotatable bonds is 8. The number of benzene rings is 8. The van der Waals surface area contributed by atoms with Gasteiger partial charge in [-0.2, -0.15) is 0 Å². The van der Waals surface area contributed by atoms with E-state index in [2.05, 4.69) is 139 Å². The predicted molar refractivity (Wildman–Crippen MR) is 258 cm³/mol. The number of fused-ring (bicyclic) bond motifs is 4. The molecule has 6 heteroatoms. The zero-order chi connectivity index (χ0) is 41.4. The van der Waals surface area contributed by atoms with Crippen LogP contribution in [0.3, 0.4) is 0 Å². The highest BCUT2D eigenvalue weighted by atomic mass is 32.1. The molecule has 0 atom stereocenters. The van der Waals surface area contributed by atoms with Crippen LogP contribution < -0.4 is 5.32 Å². The maximum Gasteiger partial charge on any atom is 0.164 e. The number of nitrogens with zero attached hydrogens (tertiary/aromatic N) is 3. The van der Waals surface area contributed by atoms with E-state index >= 15 is 0 Å². The van der Waals surface area contributed by atoms with Gasteiger partial charge in [0.2, 0.25) is 0 Å². The fraction of sp³-hybridized carbons (Fsp3) is 0. The highest BCUT2D eigenvalue weighted by Crippen LogP contribution is 2.41. The normalized spacial score (nSPS) is 13.0. The average molecular weight is 812 g/mol. The lowest BCUT2D eigenvalue weighted by Crippen LogP contribution is -2.20. The molecule has 2 aromatic heterocycles. The molecule has 8 aromatic carbocycles. The van der Waals surface area contributed by atoms with Crippen LogP contribution in [0.25, 0.3) is 88.5 Å². The largest absolute Gasteiger partial charge is 0.354 e. The van der Waals surface area contributed by atoms with Crippen LogP contribution in [-0.2, 0) is 0 Å². The molecule has 0 aliphatic carbocycles. The van der Waals surface area contributed by atoms with Crippen LogP contribution >= 0.6 is 11.3 Å². The first-order chi connectivity index (χ1) is 30.6. The summed E-state index contributed by atoms with van der Waals surface area (Å²) >= 11 is 1.84. The summed E-state index contributed by atoms with van der Waals surface area (Å²) < 4.78 is 2.58. The molecular weight excluding hydrogens is 775 g/mol. The average Bonchev–Trinajstić information content (AvgIpc) is 3.74. The van der Waals surface area contributed by atoms with Gasteiger partial charge < -0.3 is 5.32 Å². The summed E-state index contributed by atoms with van der Waals surface area (Å²) in [7, 11) is 0. The van der Waals surface area contributed by atoms with Gasteiger partial charge in [0.05, 0.1) is 11.4 Å².